The normalized spacial score (nSPS) is 34.4. The van der Waals surface area contributed by atoms with Crippen LogP contribution in [-0.2, 0) is 16.2 Å². The van der Waals surface area contributed by atoms with Crippen LogP contribution in [0.2, 0.25) is 0 Å². The molecule has 9 aliphatic carbocycles. The van der Waals surface area contributed by atoms with Crippen molar-refractivity contribution in [1.29, 1.82) is 0 Å². The fraction of sp³-hybridized carbons (Fsp3) is 0.447. The molecule has 0 amide bonds. The topological polar surface area (TPSA) is 74.6 Å². The van der Waals surface area contributed by atoms with Gasteiger partial charge in [-0.15, -0.1) is 0 Å². The summed E-state index contributed by atoms with van der Waals surface area (Å²) in [6.45, 7) is 0. The van der Waals surface area contributed by atoms with E-state index in [9.17, 15) is 19.8 Å². The second kappa shape index (κ2) is 10.5. The number of aromatic carboxylic acids is 2. The fourth-order valence-electron chi connectivity index (χ4n) is 14.7. The van der Waals surface area contributed by atoms with Crippen molar-refractivity contribution in [2.45, 2.75) is 93.3 Å². The summed E-state index contributed by atoms with van der Waals surface area (Å²) < 4.78 is 0. The van der Waals surface area contributed by atoms with E-state index >= 15 is 0 Å². The van der Waals surface area contributed by atoms with E-state index in [0.717, 1.165) is 60.8 Å². The summed E-state index contributed by atoms with van der Waals surface area (Å²) in [6, 6.07) is 30.2. The smallest absolute Gasteiger partial charge is 0.335 e. The number of carboxylic acid groups (broad SMARTS) is 2. The summed E-state index contributed by atoms with van der Waals surface area (Å²) in [5.41, 5.74) is 9.10. The van der Waals surface area contributed by atoms with Crippen molar-refractivity contribution in [2.24, 2.45) is 35.5 Å². The summed E-state index contributed by atoms with van der Waals surface area (Å²) in [6.07, 6.45) is 14.3. The zero-order chi connectivity index (χ0) is 34.3. The van der Waals surface area contributed by atoms with Gasteiger partial charge in [0.05, 0.1) is 16.5 Å². The predicted molar refractivity (Wildman–Crippen MR) is 197 cm³/mol. The van der Waals surface area contributed by atoms with E-state index in [-0.39, 0.29) is 10.8 Å². The van der Waals surface area contributed by atoms with Crippen LogP contribution in [0.4, 0.5) is 0 Å². The molecule has 0 unspecified atom stereocenters. The number of carboxylic acids is 2. The monoisotopic (exact) mass is 674 g/mol. The van der Waals surface area contributed by atoms with Gasteiger partial charge in [-0.1, -0.05) is 72.8 Å². The Bertz CT molecular complexity index is 1930. The van der Waals surface area contributed by atoms with Gasteiger partial charge in [-0.25, -0.2) is 9.59 Å². The van der Waals surface area contributed by atoms with Crippen molar-refractivity contribution in [3.63, 3.8) is 0 Å². The molecule has 9 aliphatic rings. The van der Waals surface area contributed by atoms with Crippen LogP contribution in [0.3, 0.4) is 0 Å². The Morgan fingerprint density at radius 2 is 0.784 bits per heavy atom. The van der Waals surface area contributed by atoms with Crippen molar-refractivity contribution in [3.05, 3.63) is 129 Å². The van der Waals surface area contributed by atoms with Crippen LogP contribution in [0, 0.1) is 35.5 Å². The van der Waals surface area contributed by atoms with E-state index in [0.29, 0.717) is 46.6 Å². The van der Waals surface area contributed by atoms with Crippen LogP contribution in [0.25, 0.3) is 11.1 Å². The Morgan fingerprint density at radius 3 is 1.12 bits per heavy atom. The molecule has 0 aliphatic heterocycles. The highest BCUT2D eigenvalue weighted by molar-refractivity contribution is 5.93. The number of carbonyl (C=O) groups is 2. The third-order valence-corrected chi connectivity index (χ3v) is 15.5. The maximum Gasteiger partial charge on any atom is 0.335 e. The first kappa shape index (κ1) is 30.4. The lowest BCUT2D eigenvalue weighted by atomic mass is 9.47. The first-order valence-corrected chi connectivity index (χ1v) is 19.7. The molecule has 0 heterocycles. The molecule has 0 radical (unpaired) electrons. The molecule has 4 aromatic carbocycles. The highest BCUT2D eigenvalue weighted by Crippen LogP contribution is 2.64. The van der Waals surface area contributed by atoms with Gasteiger partial charge in [-0.3, -0.25) is 0 Å². The van der Waals surface area contributed by atoms with Crippen molar-refractivity contribution in [2.75, 3.05) is 0 Å². The highest BCUT2D eigenvalue weighted by atomic mass is 16.4. The van der Waals surface area contributed by atoms with E-state index < -0.39 is 17.4 Å². The SMILES string of the molecule is O=C(O)c1ccc(C2(c3ccc(C(=O)O)c(C45CC6CC(CC(C6)C4)C5)c3)c3ccccc3-c3ccccc32)cc1C12CC3CC(CC(C3)C1)C2. The van der Waals surface area contributed by atoms with Gasteiger partial charge in [-0.05, 0) is 180 Å². The lowest BCUT2D eigenvalue weighted by molar-refractivity contribution is -0.00587. The third kappa shape index (κ3) is 4.14. The summed E-state index contributed by atoms with van der Waals surface area (Å²) in [7, 11) is 0. The largest absolute Gasteiger partial charge is 0.478 e. The third-order valence-electron chi connectivity index (χ3n) is 15.5. The first-order valence-electron chi connectivity index (χ1n) is 19.7. The van der Waals surface area contributed by atoms with Gasteiger partial charge in [0, 0.05) is 0 Å². The zero-order valence-electron chi connectivity index (χ0n) is 29.2. The molecule has 0 atom stereocenters. The second-order valence-corrected chi connectivity index (χ2v) is 18.4. The quantitative estimate of drug-likeness (QED) is 0.188. The van der Waals surface area contributed by atoms with E-state index in [2.05, 4.69) is 72.8 Å². The lowest BCUT2D eigenvalue weighted by Gasteiger charge is -2.57. The Kier molecular flexibility index (Phi) is 6.24. The highest BCUT2D eigenvalue weighted by Gasteiger charge is 2.56. The maximum atomic E-state index is 13.1. The standard InChI is InChI=1S/C47H46O4/c48-43(49)37-11-9-33(19-41(37)45-21-27-13-28(22-45)15-29(14-27)23-45)47(39-7-3-1-5-35(39)36-6-2-4-8-40(36)47)34-10-12-38(44(50)51)42(20-34)46-24-30-16-31(25-46)18-32(17-30)26-46/h1-12,19-20,27-32H,13-18,21-26H2,(H,48,49)(H,50,51). The van der Waals surface area contributed by atoms with Crippen LogP contribution in [0.1, 0.15) is 131 Å². The molecule has 8 saturated carbocycles. The van der Waals surface area contributed by atoms with Gasteiger partial charge in [0.2, 0.25) is 0 Å². The number of hydrogen-bond acceptors (Lipinski definition) is 2. The molecule has 13 rings (SSSR count). The average Bonchev–Trinajstić information content (AvgIpc) is 3.41. The minimum absolute atomic E-state index is 0.102. The molecule has 4 aromatic rings. The Balaban J connectivity index is 1.19. The molecule has 0 aromatic heterocycles. The number of hydrogen-bond donors (Lipinski definition) is 2. The van der Waals surface area contributed by atoms with Gasteiger partial charge >= 0.3 is 11.9 Å². The summed E-state index contributed by atoms with van der Waals surface area (Å²) in [5, 5.41) is 21.5. The second-order valence-electron chi connectivity index (χ2n) is 18.4. The van der Waals surface area contributed by atoms with Crippen molar-refractivity contribution in [1.82, 2.24) is 0 Å². The predicted octanol–water partition coefficient (Wildman–Crippen LogP) is 10.4. The minimum Gasteiger partial charge on any atom is -0.478 e. The summed E-state index contributed by atoms with van der Waals surface area (Å²) in [5.74, 6) is 2.48. The minimum atomic E-state index is -0.830. The van der Waals surface area contributed by atoms with Crippen molar-refractivity contribution < 1.29 is 19.8 Å². The molecule has 4 nitrogen and oxygen atoms in total. The molecular weight excluding hydrogens is 629 g/mol. The van der Waals surface area contributed by atoms with Gasteiger partial charge in [0.25, 0.3) is 0 Å². The average molecular weight is 675 g/mol. The molecule has 4 heteroatoms. The molecular formula is C47H46O4. The zero-order valence-corrected chi connectivity index (χ0v) is 29.2. The van der Waals surface area contributed by atoms with E-state index in [1.54, 1.807) is 0 Å². The number of rotatable bonds is 6. The van der Waals surface area contributed by atoms with Crippen LogP contribution >= 0.6 is 0 Å². The van der Waals surface area contributed by atoms with Crippen LogP contribution in [0.5, 0.6) is 0 Å². The van der Waals surface area contributed by atoms with Gasteiger partial charge in [0.1, 0.15) is 0 Å². The van der Waals surface area contributed by atoms with Crippen LogP contribution in [-0.4, -0.2) is 22.2 Å². The van der Waals surface area contributed by atoms with Crippen molar-refractivity contribution >= 4 is 11.9 Å². The van der Waals surface area contributed by atoms with E-state index in [4.69, 9.17) is 0 Å². The van der Waals surface area contributed by atoms with Crippen molar-refractivity contribution in [3.8, 4) is 11.1 Å². The van der Waals surface area contributed by atoms with Crippen LogP contribution < -0.4 is 0 Å². The summed E-state index contributed by atoms with van der Waals surface area (Å²) >= 11 is 0. The van der Waals surface area contributed by atoms with E-state index in [1.165, 1.54) is 60.8 Å². The van der Waals surface area contributed by atoms with Crippen LogP contribution in [0.15, 0.2) is 84.9 Å². The molecule has 8 fully saturated rings. The maximum absolute atomic E-state index is 13.1. The lowest BCUT2D eigenvalue weighted by Crippen LogP contribution is -2.49. The number of benzene rings is 4. The summed E-state index contributed by atoms with van der Waals surface area (Å²) in [4.78, 5) is 26.2. The Hall–Kier alpha value is -4.18. The molecule has 258 valence electrons. The molecule has 0 spiro atoms. The first-order chi connectivity index (χ1) is 24.7. The molecule has 8 bridgehead atoms. The Morgan fingerprint density at radius 1 is 0.451 bits per heavy atom. The van der Waals surface area contributed by atoms with Gasteiger partial charge in [-0.2, -0.15) is 0 Å². The molecule has 2 N–H and O–H groups in total. The molecule has 51 heavy (non-hydrogen) atoms. The number of fused-ring (bicyclic) bond motifs is 3. The van der Waals surface area contributed by atoms with E-state index in [1.807, 2.05) is 12.1 Å². The Labute approximate surface area is 300 Å². The van der Waals surface area contributed by atoms with Gasteiger partial charge < -0.3 is 10.2 Å². The van der Waals surface area contributed by atoms with Gasteiger partial charge in [0.15, 0.2) is 0 Å². The molecule has 0 saturated heterocycles. The fourth-order valence-corrected chi connectivity index (χ4v) is 14.7.